The number of aromatic nitrogens is 4. The maximum Gasteiger partial charge on any atom is 0.270 e. The van der Waals surface area contributed by atoms with Crippen molar-refractivity contribution in [2.45, 2.75) is 31.7 Å². The summed E-state index contributed by atoms with van der Waals surface area (Å²) in [6.07, 6.45) is 6.13. The molecule has 0 radical (unpaired) electrons. The highest BCUT2D eigenvalue weighted by atomic mass is 16.2. The molecule has 3 aromatic rings. The highest BCUT2D eigenvalue weighted by Crippen LogP contribution is 2.31. The van der Waals surface area contributed by atoms with Gasteiger partial charge in [0.15, 0.2) is 5.69 Å². The summed E-state index contributed by atoms with van der Waals surface area (Å²) in [6, 6.07) is 5.94. The molecule has 5 rings (SSSR count). The van der Waals surface area contributed by atoms with Crippen LogP contribution in [0.15, 0.2) is 24.4 Å². The second-order valence-electron chi connectivity index (χ2n) is 7.36. The van der Waals surface area contributed by atoms with Gasteiger partial charge in [-0.25, -0.2) is 4.68 Å². The number of carbonyl (C=O) groups is 2. The van der Waals surface area contributed by atoms with Crippen LogP contribution < -0.4 is 5.73 Å². The lowest BCUT2D eigenvalue weighted by Crippen LogP contribution is -2.50. The summed E-state index contributed by atoms with van der Waals surface area (Å²) in [4.78, 5) is 29.3. The molecule has 1 aromatic carbocycles. The number of nitrogens with two attached hydrogens (primary N) is 1. The molecule has 1 aliphatic carbocycles. The zero-order valence-corrected chi connectivity index (χ0v) is 14.8. The van der Waals surface area contributed by atoms with Gasteiger partial charge in [-0.05, 0) is 49.4 Å². The number of likely N-dealkylation sites (tertiary alicyclic amines) is 1. The van der Waals surface area contributed by atoms with Crippen LogP contribution in [0, 0.1) is 0 Å². The van der Waals surface area contributed by atoms with Gasteiger partial charge < -0.3 is 15.6 Å². The van der Waals surface area contributed by atoms with Crippen LogP contribution in [-0.4, -0.2) is 49.8 Å². The van der Waals surface area contributed by atoms with Crippen LogP contribution in [0.5, 0.6) is 0 Å². The largest absolute Gasteiger partial charge is 0.364 e. The number of primary amides is 1. The zero-order chi connectivity index (χ0) is 18.5. The van der Waals surface area contributed by atoms with Gasteiger partial charge in [0.05, 0.1) is 12.2 Å². The molecule has 2 amide bonds. The number of H-pyrrole nitrogens is 1. The minimum atomic E-state index is -0.600. The van der Waals surface area contributed by atoms with E-state index in [1.807, 2.05) is 18.2 Å². The van der Waals surface area contributed by atoms with E-state index < -0.39 is 5.91 Å². The monoisotopic (exact) mass is 364 g/mol. The van der Waals surface area contributed by atoms with Gasteiger partial charge in [0.1, 0.15) is 0 Å². The van der Waals surface area contributed by atoms with Gasteiger partial charge in [0.2, 0.25) is 0 Å². The number of benzene rings is 1. The van der Waals surface area contributed by atoms with Crippen LogP contribution in [-0.2, 0) is 12.8 Å². The summed E-state index contributed by atoms with van der Waals surface area (Å²) in [7, 11) is 0. The van der Waals surface area contributed by atoms with E-state index in [1.54, 1.807) is 9.58 Å². The molecular weight excluding hydrogens is 344 g/mol. The normalized spacial score (nSPS) is 17.0. The van der Waals surface area contributed by atoms with Crippen molar-refractivity contribution in [3.05, 3.63) is 46.9 Å². The maximum atomic E-state index is 12.8. The van der Waals surface area contributed by atoms with Crippen LogP contribution in [0.25, 0.3) is 10.9 Å². The molecule has 1 fully saturated rings. The minimum absolute atomic E-state index is 0.0224. The van der Waals surface area contributed by atoms with Crippen LogP contribution in [0.4, 0.5) is 0 Å². The molecule has 3 heterocycles. The Morgan fingerprint density at radius 1 is 1.19 bits per heavy atom. The molecule has 2 aliphatic rings. The molecule has 0 unspecified atom stereocenters. The van der Waals surface area contributed by atoms with E-state index in [-0.39, 0.29) is 17.6 Å². The third kappa shape index (κ3) is 2.59. The van der Waals surface area contributed by atoms with Crippen molar-refractivity contribution in [3.63, 3.8) is 0 Å². The second kappa shape index (κ2) is 5.94. The minimum Gasteiger partial charge on any atom is -0.364 e. The number of fused-ring (bicyclic) bond motifs is 3. The van der Waals surface area contributed by atoms with E-state index in [4.69, 9.17) is 5.73 Å². The Hall–Kier alpha value is -3.16. The van der Waals surface area contributed by atoms with Gasteiger partial charge in [0, 0.05) is 35.2 Å². The first-order chi connectivity index (χ1) is 13.1. The molecule has 0 spiro atoms. The topological polar surface area (TPSA) is 110 Å². The number of aryl methyl sites for hydroxylation is 2. The molecular formula is C19H20N6O2. The number of amides is 2. The fourth-order valence-corrected chi connectivity index (χ4v) is 4.08. The lowest BCUT2D eigenvalue weighted by molar-refractivity contribution is 0.0498. The average Bonchev–Trinajstić information content (AvgIpc) is 3.24. The number of carbonyl (C=O) groups excluding carboxylic acids is 2. The highest BCUT2D eigenvalue weighted by molar-refractivity contribution is 5.99. The van der Waals surface area contributed by atoms with Crippen LogP contribution in [0.2, 0.25) is 0 Å². The predicted molar refractivity (Wildman–Crippen MR) is 98.4 cm³/mol. The van der Waals surface area contributed by atoms with Crippen molar-refractivity contribution < 1.29 is 9.59 Å². The quantitative estimate of drug-likeness (QED) is 0.732. The van der Waals surface area contributed by atoms with Crippen molar-refractivity contribution in [3.8, 4) is 0 Å². The molecule has 8 heteroatoms. The molecule has 8 nitrogen and oxygen atoms in total. The van der Waals surface area contributed by atoms with Gasteiger partial charge in [-0.3, -0.25) is 9.59 Å². The summed E-state index contributed by atoms with van der Waals surface area (Å²) in [6.45, 7) is 1.09. The maximum absolute atomic E-state index is 12.8. The number of hydrogen-bond acceptors (Lipinski definition) is 4. The zero-order valence-electron chi connectivity index (χ0n) is 14.8. The fraction of sp³-hybridized carbons (Fsp3) is 0.368. The Morgan fingerprint density at radius 2 is 2.00 bits per heavy atom. The van der Waals surface area contributed by atoms with Gasteiger partial charge >= 0.3 is 0 Å². The lowest BCUT2D eigenvalue weighted by Gasteiger charge is -2.38. The number of rotatable bonds is 3. The number of hydrogen-bond donors (Lipinski definition) is 2. The lowest BCUT2D eigenvalue weighted by atomic mass is 9.95. The van der Waals surface area contributed by atoms with Crippen LogP contribution in [0.3, 0.4) is 0 Å². The molecule has 0 bridgehead atoms. The van der Waals surface area contributed by atoms with E-state index in [1.165, 1.54) is 35.7 Å². The number of nitrogens with one attached hydrogen (secondary N) is 1. The molecule has 1 aliphatic heterocycles. The number of nitrogens with zero attached hydrogens (tertiary/aromatic N) is 4. The first-order valence-electron chi connectivity index (χ1n) is 9.24. The Balaban J connectivity index is 1.33. The van der Waals surface area contributed by atoms with Crippen LogP contribution in [0.1, 0.15) is 51.0 Å². The molecule has 27 heavy (non-hydrogen) atoms. The smallest absolute Gasteiger partial charge is 0.270 e. The Labute approximate surface area is 155 Å². The Bertz CT molecular complexity index is 1060. The first-order valence-corrected chi connectivity index (χ1v) is 9.24. The molecule has 0 saturated carbocycles. The van der Waals surface area contributed by atoms with Crippen molar-refractivity contribution >= 4 is 22.7 Å². The summed E-state index contributed by atoms with van der Waals surface area (Å²) >= 11 is 0. The van der Waals surface area contributed by atoms with Crippen molar-refractivity contribution in [1.82, 2.24) is 24.9 Å². The van der Waals surface area contributed by atoms with E-state index in [0.29, 0.717) is 18.7 Å². The van der Waals surface area contributed by atoms with E-state index >= 15 is 0 Å². The summed E-state index contributed by atoms with van der Waals surface area (Å²) in [5, 5.41) is 8.86. The fourth-order valence-electron chi connectivity index (χ4n) is 4.08. The van der Waals surface area contributed by atoms with Gasteiger partial charge in [-0.2, -0.15) is 0 Å². The molecule has 138 valence electrons. The van der Waals surface area contributed by atoms with E-state index in [9.17, 15) is 9.59 Å². The van der Waals surface area contributed by atoms with E-state index in [2.05, 4.69) is 15.3 Å². The summed E-state index contributed by atoms with van der Waals surface area (Å²) in [5.74, 6) is -0.578. The second-order valence-corrected chi connectivity index (χ2v) is 7.36. The Morgan fingerprint density at radius 3 is 2.78 bits per heavy atom. The molecule has 2 aromatic heterocycles. The summed E-state index contributed by atoms with van der Waals surface area (Å²) < 4.78 is 1.61. The SMILES string of the molecule is NC(=O)c1cn(C2CN(C(=O)c3ccc4[nH]c5c(c4c3)CCCC5)C2)nn1. The van der Waals surface area contributed by atoms with Crippen molar-refractivity contribution in [2.75, 3.05) is 13.1 Å². The Kier molecular flexibility index (Phi) is 3.53. The van der Waals surface area contributed by atoms with Gasteiger partial charge in [-0.15, -0.1) is 5.10 Å². The van der Waals surface area contributed by atoms with Gasteiger partial charge in [-0.1, -0.05) is 5.21 Å². The third-order valence-electron chi connectivity index (χ3n) is 5.63. The van der Waals surface area contributed by atoms with Crippen molar-refractivity contribution in [1.29, 1.82) is 0 Å². The molecule has 1 saturated heterocycles. The third-order valence-corrected chi connectivity index (χ3v) is 5.63. The van der Waals surface area contributed by atoms with Crippen LogP contribution >= 0.6 is 0 Å². The predicted octanol–water partition coefficient (Wildman–Crippen LogP) is 1.43. The molecule has 0 atom stereocenters. The first kappa shape index (κ1) is 16.0. The number of aromatic amines is 1. The van der Waals surface area contributed by atoms with E-state index in [0.717, 1.165) is 18.4 Å². The average molecular weight is 364 g/mol. The standard InChI is InChI=1S/C19H20N6O2/c20-18(26)17-10-25(23-22-17)12-8-24(9-12)19(27)11-5-6-16-14(7-11)13-3-1-2-4-15(13)21-16/h5-7,10,12,21H,1-4,8-9H2,(H2,20,26). The molecule has 3 N–H and O–H groups in total. The van der Waals surface area contributed by atoms with Gasteiger partial charge in [0.25, 0.3) is 11.8 Å². The summed E-state index contributed by atoms with van der Waals surface area (Å²) in [5.41, 5.74) is 9.86. The highest BCUT2D eigenvalue weighted by Gasteiger charge is 2.33. The van der Waals surface area contributed by atoms with Crippen molar-refractivity contribution in [2.24, 2.45) is 5.73 Å².